The molecule has 0 bridgehead atoms. The van der Waals surface area contributed by atoms with Crippen LogP contribution in [0.4, 0.5) is 0 Å². The van der Waals surface area contributed by atoms with Crippen molar-refractivity contribution >= 4 is 28.5 Å². The molecule has 0 unspecified atom stereocenters. The van der Waals surface area contributed by atoms with Gasteiger partial charge in [-0.05, 0) is 36.8 Å². The third kappa shape index (κ3) is 4.14. The minimum absolute atomic E-state index is 0.378. The van der Waals surface area contributed by atoms with Crippen LogP contribution in [0.3, 0.4) is 0 Å². The first-order valence-electron chi connectivity index (χ1n) is 7.28. The van der Waals surface area contributed by atoms with E-state index in [9.17, 15) is 14.4 Å². The predicted octanol–water partition coefficient (Wildman–Crippen LogP) is 0.948. The topological polar surface area (TPSA) is 101 Å². The van der Waals surface area contributed by atoms with Gasteiger partial charge in [-0.2, -0.15) is 0 Å². The number of nitrogens with one attached hydrogen (secondary N) is 2. The summed E-state index contributed by atoms with van der Waals surface area (Å²) >= 11 is 0. The van der Waals surface area contributed by atoms with Gasteiger partial charge in [-0.1, -0.05) is 30.3 Å². The summed E-state index contributed by atoms with van der Waals surface area (Å²) in [6.07, 6.45) is 0. The SMILES string of the molecule is C[C@H](N)C(=O)N[C@@H](C)C(=O)NC(=O)c1ccc2ccccc2c1. The van der Waals surface area contributed by atoms with Gasteiger partial charge in [-0.15, -0.1) is 0 Å². The molecular weight excluding hydrogens is 294 g/mol. The highest BCUT2D eigenvalue weighted by Crippen LogP contribution is 2.15. The number of amides is 3. The molecule has 0 aliphatic heterocycles. The van der Waals surface area contributed by atoms with Crippen molar-refractivity contribution in [1.29, 1.82) is 0 Å². The Hall–Kier alpha value is -2.73. The number of carbonyl (C=O) groups excluding carboxylic acids is 3. The molecule has 2 atom stereocenters. The fraction of sp³-hybridized carbons (Fsp3) is 0.235. The number of hydrogen-bond donors (Lipinski definition) is 3. The highest BCUT2D eigenvalue weighted by Gasteiger charge is 2.20. The van der Waals surface area contributed by atoms with Gasteiger partial charge in [0, 0.05) is 5.56 Å². The second kappa shape index (κ2) is 7.02. The average Bonchev–Trinajstić information content (AvgIpc) is 2.53. The molecule has 6 heteroatoms. The molecule has 0 aromatic heterocycles. The van der Waals surface area contributed by atoms with E-state index < -0.39 is 29.8 Å². The average molecular weight is 313 g/mol. The van der Waals surface area contributed by atoms with Gasteiger partial charge < -0.3 is 11.1 Å². The van der Waals surface area contributed by atoms with Crippen molar-refractivity contribution in [2.45, 2.75) is 25.9 Å². The van der Waals surface area contributed by atoms with E-state index in [0.717, 1.165) is 10.8 Å². The molecule has 120 valence electrons. The van der Waals surface area contributed by atoms with Gasteiger partial charge in [-0.25, -0.2) is 0 Å². The summed E-state index contributed by atoms with van der Waals surface area (Å²) in [6, 6.07) is 11.2. The number of benzene rings is 2. The summed E-state index contributed by atoms with van der Waals surface area (Å²) in [5.74, 6) is -1.55. The number of fused-ring (bicyclic) bond motifs is 1. The third-order valence-corrected chi connectivity index (χ3v) is 3.41. The van der Waals surface area contributed by atoms with Crippen molar-refractivity contribution in [3.8, 4) is 0 Å². The van der Waals surface area contributed by atoms with Gasteiger partial charge in [0.2, 0.25) is 11.8 Å². The minimum atomic E-state index is -0.849. The zero-order valence-electron chi connectivity index (χ0n) is 13.0. The number of hydrogen-bond acceptors (Lipinski definition) is 4. The van der Waals surface area contributed by atoms with E-state index in [1.807, 2.05) is 30.3 Å². The fourth-order valence-corrected chi connectivity index (χ4v) is 2.03. The van der Waals surface area contributed by atoms with Crippen LogP contribution < -0.4 is 16.4 Å². The molecule has 2 aromatic carbocycles. The molecule has 3 amide bonds. The van der Waals surface area contributed by atoms with Crippen LogP contribution in [0.25, 0.3) is 10.8 Å². The van der Waals surface area contributed by atoms with Crippen molar-refractivity contribution < 1.29 is 14.4 Å². The third-order valence-electron chi connectivity index (χ3n) is 3.41. The quantitative estimate of drug-likeness (QED) is 0.782. The minimum Gasteiger partial charge on any atom is -0.343 e. The summed E-state index contributed by atoms with van der Waals surface area (Å²) in [6.45, 7) is 3.00. The predicted molar refractivity (Wildman–Crippen MR) is 87.7 cm³/mol. The molecule has 0 radical (unpaired) electrons. The molecule has 23 heavy (non-hydrogen) atoms. The van der Waals surface area contributed by atoms with Crippen LogP contribution in [0.2, 0.25) is 0 Å². The molecular formula is C17H19N3O3. The summed E-state index contributed by atoms with van der Waals surface area (Å²) in [7, 11) is 0. The molecule has 0 aliphatic carbocycles. The molecule has 0 spiro atoms. The van der Waals surface area contributed by atoms with Crippen LogP contribution >= 0.6 is 0 Å². The Morgan fingerprint density at radius 2 is 1.61 bits per heavy atom. The van der Waals surface area contributed by atoms with Crippen LogP contribution in [-0.4, -0.2) is 29.8 Å². The highest BCUT2D eigenvalue weighted by molar-refractivity contribution is 6.08. The van der Waals surface area contributed by atoms with Crippen LogP contribution in [-0.2, 0) is 9.59 Å². The molecule has 0 saturated heterocycles. The lowest BCUT2D eigenvalue weighted by molar-refractivity contribution is -0.128. The Bertz CT molecular complexity index is 756. The molecule has 0 aliphatic rings. The second-order valence-corrected chi connectivity index (χ2v) is 5.40. The number of rotatable bonds is 4. The van der Waals surface area contributed by atoms with Crippen LogP contribution in [0, 0.1) is 0 Å². The van der Waals surface area contributed by atoms with E-state index >= 15 is 0 Å². The highest BCUT2D eigenvalue weighted by atomic mass is 16.2. The van der Waals surface area contributed by atoms with E-state index in [1.54, 1.807) is 12.1 Å². The second-order valence-electron chi connectivity index (χ2n) is 5.40. The van der Waals surface area contributed by atoms with E-state index in [1.165, 1.54) is 13.8 Å². The first-order valence-corrected chi connectivity index (χ1v) is 7.28. The van der Waals surface area contributed by atoms with Gasteiger partial charge in [0.05, 0.1) is 6.04 Å². The van der Waals surface area contributed by atoms with Crippen LogP contribution in [0.5, 0.6) is 0 Å². The van der Waals surface area contributed by atoms with Gasteiger partial charge in [-0.3, -0.25) is 19.7 Å². The number of carbonyl (C=O) groups is 3. The van der Waals surface area contributed by atoms with Gasteiger partial charge in [0.1, 0.15) is 6.04 Å². The molecule has 0 heterocycles. The summed E-state index contributed by atoms with van der Waals surface area (Å²) in [4.78, 5) is 35.6. The molecule has 0 saturated carbocycles. The Kier molecular flexibility index (Phi) is 5.08. The summed E-state index contributed by atoms with van der Waals surface area (Å²) < 4.78 is 0. The smallest absolute Gasteiger partial charge is 0.257 e. The zero-order valence-corrected chi connectivity index (χ0v) is 13.0. The molecule has 4 N–H and O–H groups in total. The zero-order chi connectivity index (χ0) is 17.0. The maximum atomic E-state index is 12.2. The number of imide groups is 1. The Morgan fingerprint density at radius 1 is 0.957 bits per heavy atom. The lowest BCUT2D eigenvalue weighted by atomic mass is 10.1. The van der Waals surface area contributed by atoms with Gasteiger partial charge >= 0.3 is 0 Å². The maximum Gasteiger partial charge on any atom is 0.257 e. The first-order chi connectivity index (χ1) is 10.9. The molecule has 0 fully saturated rings. The summed E-state index contributed by atoms with van der Waals surface area (Å²) in [5.41, 5.74) is 5.80. The van der Waals surface area contributed by atoms with Crippen molar-refractivity contribution in [2.75, 3.05) is 0 Å². The molecule has 2 aromatic rings. The van der Waals surface area contributed by atoms with E-state index in [0.29, 0.717) is 5.56 Å². The van der Waals surface area contributed by atoms with Gasteiger partial charge in [0.25, 0.3) is 5.91 Å². The lowest BCUT2D eigenvalue weighted by Gasteiger charge is -2.15. The van der Waals surface area contributed by atoms with Crippen molar-refractivity contribution in [3.05, 3.63) is 48.0 Å². The normalized spacial score (nSPS) is 13.2. The van der Waals surface area contributed by atoms with Crippen LogP contribution in [0.1, 0.15) is 24.2 Å². The summed E-state index contributed by atoms with van der Waals surface area (Å²) in [5, 5.41) is 6.62. The number of nitrogens with two attached hydrogens (primary N) is 1. The van der Waals surface area contributed by atoms with E-state index in [2.05, 4.69) is 10.6 Å². The maximum absolute atomic E-state index is 12.2. The molecule has 2 rings (SSSR count). The Morgan fingerprint density at radius 3 is 2.26 bits per heavy atom. The van der Waals surface area contributed by atoms with Crippen molar-refractivity contribution in [3.63, 3.8) is 0 Å². The largest absolute Gasteiger partial charge is 0.343 e. The van der Waals surface area contributed by atoms with Crippen molar-refractivity contribution in [1.82, 2.24) is 10.6 Å². The lowest BCUT2D eigenvalue weighted by Crippen LogP contribution is -2.50. The van der Waals surface area contributed by atoms with Crippen molar-refractivity contribution in [2.24, 2.45) is 5.73 Å². The van der Waals surface area contributed by atoms with E-state index in [4.69, 9.17) is 5.73 Å². The first kappa shape index (κ1) is 16.6. The van der Waals surface area contributed by atoms with Gasteiger partial charge in [0.15, 0.2) is 0 Å². The Labute approximate surface area is 134 Å². The van der Waals surface area contributed by atoms with E-state index in [-0.39, 0.29) is 0 Å². The fourth-order valence-electron chi connectivity index (χ4n) is 2.03. The monoisotopic (exact) mass is 313 g/mol. The van der Waals surface area contributed by atoms with Crippen LogP contribution in [0.15, 0.2) is 42.5 Å². The molecule has 6 nitrogen and oxygen atoms in total. The Balaban J connectivity index is 2.05. The standard InChI is InChI=1S/C17H19N3O3/c1-10(18)15(21)19-11(2)16(22)20-17(23)14-8-7-12-5-3-4-6-13(12)9-14/h3-11H,18H2,1-2H3,(H,19,21)(H,20,22,23)/t10-,11-/m0/s1.